The zero-order valence-electron chi connectivity index (χ0n) is 31.2. The van der Waals surface area contributed by atoms with E-state index in [1.54, 1.807) is 0 Å². The first kappa shape index (κ1) is 31.9. The zero-order valence-corrected chi connectivity index (χ0v) is 31.2. The molecular formula is C55H36N2. The number of fused-ring (bicyclic) bond motifs is 9. The Morgan fingerprint density at radius 2 is 0.702 bits per heavy atom. The molecule has 2 heteroatoms. The van der Waals surface area contributed by atoms with Crippen LogP contribution in [0.2, 0.25) is 0 Å². The topological polar surface area (TPSA) is 9.86 Å². The lowest BCUT2D eigenvalue weighted by Gasteiger charge is -2.33. The predicted molar refractivity (Wildman–Crippen MR) is 238 cm³/mol. The summed E-state index contributed by atoms with van der Waals surface area (Å²) in [6, 6.07) is 80.4. The molecule has 12 rings (SSSR count). The Hall–Kier alpha value is -7.42. The fourth-order valence-electron chi connectivity index (χ4n) is 9.99. The summed E-state index contributed by atoms with van der Waals surface area (Å²) in [4.78, 5) is 0. The normalized spacial score (nSPS) is 13.1. The molecule has 0 saturated carbocycles. The monoisotopic (exact) mass is 724 g/mol. The molecule has 0 aliphatic heterocycles. The zero-order chi connectivity index (χ0) is 37.5. The van der Waals surface area contributed by atoms with Crippen molar-refractivity contribution >= 4 is 43.6 Å². The molecule has 2 nitrogen and oxygen atoms in total. The maximum atomic E-state index is 2.50. The summed E-state index contributed by atoms with van der Waals surface area (Å²) in [7, 11) is 0. The van der Waals surface area contributed by atoms with Gasteiger partial charge in [0, 0.05) is 32.9 Å². The second-order valence-electron chi connectivity index (χ2n) is 15.3. The highest BCUT2D eigenvalue weighted by atomic mass is 15.0. The Balaban J connectivity index is 1.00. The molecule has 2 heterocycles. The molecule has 0 amide bonds. The summed E-state index contributed by atoms with van der Waals surface area (Å²) in [5.74, 6) is 0. The van der Waals surface area contributed by atoms with E-state index in [4.69, 9.17) is 0 Å². The second-order valence-corrected chi connectivity index (χ2v) is 15.3. The van der Waals surface area contributed by atoms with Gasteiger partial charge in [-0.15, -0.1) is 0 Å². The van der Waals surface area contributed by atoms with E-state index < -0.39 is 5.41 Å². The lowest BCUT2D eigenvalue weighted by Crippen LogP contribution is -2.28. The number of rotatable bonds is 5. The average Bonchev–Trinajstić information content (AvgIpc) is 3.90. The minimum atomic E-state index is -0.440. The fraction of sp³-hybridized carbons (Fsp3) is 0.0182. The molecule has 2 aromatic heterocycles. The van der Waals surface area contributed by atoms with Crippen LogP contribution >= 0.6 is 0 Å². The molecule has 11 aromatic rings. The molecule has 266 valence electrons. The van der Waals surface area contributed by atoms with Crippen molar-refractivity contribution in [1.82, 2.24) is 9.13 Å². The third-order valence-electron chi connectivity index (χ3n) is 12.4. The van der Waals surface area contributed by atoms with Gasteiger partial charge in [0.25, 0.3) is 0 Å². The van der Waals surface area contributed by atoms with Crippen LogP contribution in [0.3, 0.4) is 0 Å². The van der Waals surface area contributed by atoms with Crippen LogP contribution in [-0.2, 0) is 5.41 Å². The lowest BCUT2D eigenvalue weighted by atomic mass is 9.67. The van der Waals surface area contributed by atoms with Gasteiger partial charge in [-0.25, -0.2) is 0 Å². The van der Waals surface area contributed by atoms with Gasteiger partial charge in [0.2, 0.25) is 0 Å². The smallest absolute Gasteiger partial charge is 0.0713 e. The van der Waals surface area contributed by atoms with Crippen molar-refractivity contribution in [2.45, 2.75) is 5.41 Å². The van der Waals surface area contributed by atoms with Crippen LogP contribution in [0, 0.1) is 0 Å². The van der Waals surface area contributed by atoms with E-state index >= 15 is 0 Å². The largest absolute Gasteiger partial charge is 0.309 e. The van der Waals surface area contributed by atoms with Gasteiger partial charge in [-0.3, -0.25) is 0 Å². The molecular weight excluding hydrogens is 689 g/mol. The van der Waals surface area contributed by atoms with Gasteiger partial charge in [-0.2, -0.15) is 0 Å². The molecule has 1 aliphatic rings. The maximum absolute atomic E-state index is 2.50. The van der Waals surface area contributed by atoms with Crippen LogP contribution in [0.25, 0.3) is 77.2 Å². The molecule has 57 heavy (non-hydrogen) atoms. The first-order valence-corrected chi connectivity index (χ1v) is 19.8. The highest BCUT2D eigenvalue weighted by Gasteiger charge is 2.46. The van der Waals surface area contributed by atoms with E-state index in [1.807, 2.05) is 0 Å². The Kier molecular flexibility index (Phi) is 6.88. The van der Waals surface area contributed by atoms with Crippen LogP contribution in [0.1, 0.15) is 22.3 Å². The number of hydrogen-bond acceptors (Lipinski definition) is 0. The average molecular weight is 725 g/mol. The lowest BCUT2D eigenvalue weighted by molar-refractivity contribution is 0.769. The van der Waals surface area contributed by atoms with Gasteiger partial charge in [0.1, 0.15) is 0 Å². The van der Waals surface area contributed by atoms with Crippen molar-refractivity contribution in [3.8, 4) is 33.6 Å². The Morgan fingerprint density at radius 1 is 0.281 bits per heavy atom. The predicted octanol–water partition coefficient (Wildman–Crippen LogP) is 13.9. The van der Waals surface area contributed by atoms with Gasteiger partial charge in [0.15, 0.2) is 0 Å². The summed E-state index contributed by atoms with van der Waals surface area (Å²) in [5, 5.41) is 5.07. The van der Waals surface area contributed by atoms with Gasteiger partial charge < -0.3 is 9.13 Å². The highest BCUT2D eigenvalue weighted by molar-refractivity contribution is 6.12. The minimum absolute atomic E-state index is 0.440. The SMILES string of the molecule is c1ccc(C2(c3ccccc3)c3ccccc3-c3cc4c(cc32)c2ccccc2n4-c2ccc(-c3ccc(-n4c5ccccc5c5ccccc54)cc3)cc2)cc1. The maximum Gasteiger partial charge on any atom is 0.0713 e. The third kappa shape index (κ3) is 4.53. The quantitative estimate of drug-likeness (QED) is 0.167. The first-order chi connectivity index (χ1) is 28.3. The van der Waals surface area contributed by atoms with E-state index in [0.29, 0.717) is 0 Å². The number of benzene rings is 9. The van der Waals surface area contributed by atoms with Crippen LogP contribution in [0.4, 0.5) is 0 Å². The van der Waals surface area contributed by atoms with E-state index in [1.165, 1.54) is 88.1 Å². The Morgan fingerprint density at radius 3 is 1.23 bits per heavy atom. The van der Waals surface area contributed by atoms with Gasteiger partial charge in [-0.05, 0) is 99.1 Å². The number of aromatic nitrogens is 2. The summed E-state index contributed by atoms with van der Waals surface area (Å²) >= 11 is 0. The van der Waals surface area contributed by atoms with Crippen LogP contribution in [0.5, 0.6) is 0 Å². The summed E-state index contributed by atoms with van der Waals surface area (Å²) in [6.45, 7) is 0. The van der Waals surface area contributed by atoms with Crippen molar-refractivity contribution in [3.63, 3.8) is 0 Å². The fourth-order valence-corrected chi connectivity index (χ4v) is 9.99. The van der Waals surface area contributed by atoms with Gasteiger partial charge >= 0.3 is 0 Å². The molecule has 0 N–H and O–H groups in total. The van der Waals surface area contributed by atoms with E-state index in [2.05, 4.69) is 228 Å². The summed E-state index contributed by atoms with van der Waals surface area (Å²) in [5.41, 5.74) is 16.9. The molecule has 9 aromatic carbocycles. The van der Waals surface area contributed by atoms with Crippen molar-refractivity contribution < 1.29 is 0 Å². The summed E-state index contributed by atoms with van der Waals surface area (Å²) in [6.07, 6.45) is 0. The van der Waals surface area contributed by atoms with E-state index in [0.717, 1.165) is 11.4 Å². The van der Waals surface area contributed by atoms with Crippen LogP contribution in [-0.4, -0.2) is 9.13 Å². The minimum Gasteiger partial charge on any atom is -0.309 e. The van der Waals surface area contributed by atoms with Gasteiger partial charge in [0.05, 0.1) is 27.5 Å². The number of hydrogen-bond donors (Lipinski definition) is 0. The van der Waals surface area contributed by atoms with Crippen molar-refractivity contribution in [1.29, 1.82) is 0 Å². The van der Waals surface area contributed by atoms with Crippen molar-refractivity contribution in [2.24, 2.45) is 0 Å². The number of para-hydroxylation sites is 3. The Labute approximate surface area is 331 Å². The van der Waals surface area contributed by atoms with E-state index in [9.17, 15) is 0 Å². The second kappa shape index (κ2) is 12.3. The molecule has 0 saturated heterocycles. The third-order valence-corrected chi connectivity index (χ3v) is 12.4. The molecule has 0 spiro atoms. The molecule has 0 bridgehead atoms. The Bertz CT molecular complexity index is 3220. The molecule has 1 aliphatic carbocycles. The van der Waals surface area contributed by atoms with Crippen molar-refractivity contribution in [3.05, 3.63) is 241 Å². The first-order valence-electron chi connectivity index (χ1n) is 19.8. The number of nitrogens with zero attached hydrogens (tertiary/aromatic N) is 2. The van der Waals surface area contributed by atoms with Crippen molar-refractivity contribution in [2.75, 3.05) is 0 Å². The standard InChI is InChI=1S/C55H36N2/c1-3-15-39(16-4-1)55(40-17-5-2-6-18-40)49-23-11-7-19-43(49)47-36-54-48(35-50(47)55)46-22-10-14-26-53(46)57(54)42-33-29-38(30-34-42)37-27-31-41(32-28-37)56-51-24-12-8-20-44(51)45-21-9-13-25-52(45)56/h1-36H. The van der Waals surface area contributed by atoms with E-state index in [-0.39, 0.29) is 0 Å². The highest BCUT2D eigenvalue weighted by Crippen LogP contribution is 2.57. The molecule has 0 unspecified atom stereocenters. The molecule has 0 atom stereocenters. The summed E-state index contributed by atoms with van der Waals surface area (Å²) < 4.78 is 4.83. The van der Waals surface area contributed by atoms with Crippen LogP contribution in [0.15, 0.2) is 218 Å². The van der Waals surface area contributed by atoms with Crippen LogP contribution < -0.4 is 0 Å². The molecule has 0 radical (unpaired) electrons. The van der Waals surface area contributed by atoms with Gasteiger partial charge in [-0.1, -0.05) is 164 Å². The molecule has 0 fully saturated rings.